The Morgan fingerprint density at radius 2 is 1.91 bits per heavy atom. The number of aryl methyl sites for hydroxylation is 2. The van der Waals surface area contributed by atoms with Crippen LogP contribution in [0.15, 0.2) is 30.6 Å². The van der Waals surface area contributed by atoms with Crippen LogP contribution in [0.5, 0.6) is 0 Å². The van der Waals surface area contributed by atoms with E-state index in [2.05, 4.69) is 64.3 Å². The topological polar surface area (TPSA) is 58.3 Å². The standard InChI is InChI=1S/C17H22N6/c1-5-22(6-2)14-7-8-15(12(3)9-14)21-16-10-13(4)20-17-18-11-19-23(16)17/h7-11,21H,5-6H2,1-4H3. The van der Waals surface area contributed by atoms with Crippen LogP contribution in [0, 0.1) is 13.8 Å². The van der Waals surface area contributed by atoms with Gasteiger partial charge in [-0.05, 0) is 51.5 Å². The van der Waals surface area contributed by atoms with Crippen LogP contribution < -0.4 is 10.2 Å². The van der Waals surface area contributed by atoms with Gasteiger partial charge in [-0.1, -0.05) is 0 Å². The monoisotopic (exact) mass is 310 g/mol. The molecule has 0 saturated heterocycles. The summed E-state index contributed by atoms with van der Waals surface area (Å²) in [6.07, 6.45) is 1.52. The summed E-state index contributed by atoms with van der Waals surface area (Å²) in [7, 11) is 0. The SMILES string of the molecule is CCN(CC)c1ccc(Nc2cc(C)nc3ncnn23)c(C)c1. The van der Waals surface area contributed by atoms with Gasteiger partial charge in [0.15, 0.2) is 0 Å². The Labute approximate surface area is 136 Å². The summed E-state index contributed by atoms with van der Waals surface area (Å²) in [5, 5.41) is 7.68. The number of aromatic nitrogens is 4. The molecule has 1 N–H and O–H groups in total. The van der Waals surface area contributed by atoms with Gasteiger partial charge in [-0.15, -0.1) is 0 Å². The smallest absolute Gasteiger partial charge is 0.254 e. The number of nitrogens with zero attached hydrogens (tertiary/aromatic N) is 5. The van der Waals surface area contributed by atoms with Crippen LogP contribution in [-0.2, 0) is 0 Å². The Balaban J connectivity index is 1.94. The zero-order chi connectivity index (χ0) is 16.4. The number of fused-ring (bicyclic) bond motifs is 1. The van der Waals surface area contributed by atoms with E-state index in [9.17, 15) is 0 Å². The van der Waals surface area contributed by atoms with Gasteiger partial charge in [-0.2, -0.15) is 14.6 Å². The fourth-order valence-electron chi connectivity index (χ4n) is 2.73. The molecular weight excluding hydrogens is 288 g/mol. The van der Waals surface area contributed by atoms with Crippen LogP contribution in [0.1, 0.15) is 25.1 Å². The van der Waals surface area contributed by atoms with Gasteiger partial charge in [0, 0.05) is 36.2 Å². The van der Waals surface area contributed by atoms with Gasteiger partial charge in [0.05, 0.1) is 0 Å². The maximum absolute atomic E-state index is 4.36. The zero-order valence-corrected chi connectivity index (χ0v) is 14.0. The summed E-state index contributed by atoms with van der Waals surface area (Å²) < 4.78 is 1.71. The second-order valence-electron chi connectivity index (χ2n) is 5.55. The highest BCUT2D eigenvalue weighted by atomic mass is 15.3. The number of hydrogen-bond donors (Lipinski definition) is 1. The van der Waals surface area contributed by atoms with Gasteiger partial charge in [-0.25, -0.2) is 4.98 Å². The second kappa shape index (κ2) is 6.24. The molecule has 0 fully saturated rings. The van der Waals surface area contributed by atoms with Crippen LogP contribution in [0.4, 0.5) is 17.2 Å². The lowest BCUT2D eigenvalue weighted by atomic mass is 10.1. The molecule has 0 bridgehead atoms. The van der Waals surface area contributed by atoms with E-state index in [1.165, 1.54) is 17.6 Å². The van der Waals surface area contributed by atoms with E-state index in [0.29, 0.717) is 5.78 Å². The molecule has 0 spiro atoms. The minimum Gasteiger partial charge on any atom is -0.372 e. The molecule has 2 heterocycles. The van der Waals surface area contributed by atoms with E-state index in [0.717, 1.165) is 30.3 Å². The summed E-state index contributed by atoms with van der Waals surface area (Å²) in [6, 6.07) is 8.44. The Hall–Kier alpha value is -2.63. The summed E-state index contributed by atoms with van der Waals surface area (Å²) >= 11 is 0. The van der Waals surface area contributed by atoms with Crippen molar-refractivity contribution in [2.24, 2.45) is 0 Å². The van der Waals surface area contributed by atoms with E-state index in [4.69, 9.17) is 0 Å². The van der Waals surface area contributed by atoms with Gasteiger partial charge in [0.1, 0.15) is 12.1 Å². The van der Waals surface area contributed by atoms with Crippen LogP contribution in [0.2, 0.25) is 0 Å². The van der Waals surface area contributed by atoms with E-state index >= 15 is 0 Å². The molecule has 2 aromatic heterocycles. The van der Waals surface area contributed by atoms with Crippen LogP contribution in [0.3, 0.4) is 0 Å². The molecule has 0 aliphatic heterocycles. The molecule has 1 aromatic carbocycles. The van der Waals surface area contributed by atoms with Gasteiger partial charge < -0.3 is 10.2 Å². The normalized spacial score (nSPS) is 11.0. The Morgan fingerprint density at radius 3 is 2.61 bits per heavy atom. The third kappa shape index (κ3) is 2.97. The molecule has 0 saturated carbocycles. The lowest BCUT2D eigenvalue weighted by Crippen LogP contribution is -2.21. The van der Waals surface area contributed by atoms with Crippen LogP contribution in [-0.4, -0.2) is 32.7 Å². The molecule has 0 radical (unpaired) electrons. The van der Waals surface area contributed by atoms with Gasteiger partial charge in [0.25, 0.3) is 5.78 Å². The Bertz CT molecular complexity index is 819. The quantitative estimate of drug-likeness (QED) is 0.783. The number of anilines is 3. The van der Waals surface area contributed by atoms with E-state index in [1.807, 2.05) is 13.0 Å². The summed E-state index contributed by atoms with van der Waals surface area (Å²) in [6.45, 7) is 10.4. The van der Waals surface area contributed by atoms with E-state index in [-0.39, 0.29) is 0 Å². The molecule has 6 heteroatoms. The molecule has 3 aromatic rings. The number of benzene rings is 1. The van der Waals surface area contributed by atoms with Gasteiger partial charge in [-0.3, -0.25) is 0 Å². The van der Waals surface area contributed by atoms with Gasteiger partial charge in [0.2, 0.25) is 0 Å². The van der Waals surface area contributed by atoms with Crippen molar-refractivity contribution in [3.63, 3.8) is 0 Å². The predicted octanol–water partition coefficient (Wildman–Crippen LogP) is 3.33. The van der Waals surface area contributed by atoms with E-state index < -0.39 is 0 Å². The number of hydrogen-bond acceptors (Lipinski definition) is 5. The van der Waals surface area contributed by atoms with Crippen molar-refractivity contribution in [2.75, 3.05) is 23.3 Å². The Kier molecular flexibility index (Phi) is 4.14. The predicted molar refractivity (Wildman–Crippen MR) is 93.5 cm³/mol. The van der Waals surface area contributed by atoms with Crippen molar-refractivity contribution < 1.29 is 0 Å². The zero-order valence-electron chi connectivity index (χ0n) is 14.0. The first-order valence-corrected chi connectivity index (χ1v) is 7.92. The molecule has 23 heavy (non-hydrogen) atoms. The van der Waals surface area contributed by atoms with Crippen LogP contribution in [0.25, 0.3) is 5.78 Å². The molecular formula is C17H22N6. The second-order valence-corrected chi connectivity index (χ2v) is 5.55. The summed E-state index contributed by atoms with van der Waals surface area (Å²) in [5.74, 6) is 1.47. The molecule has 0 unspecified atom stereocenters. The first-order valence-electron chi connectivity index (χ1n) is 7.92. The first kappa shape index (κ1) is 15.3. The average molecular weight is 310 g/mol. The lowest BCUT2D eigenvalue weighted by Gasteiger charge is -2.22. The Morgan fingerprint density at radius 1 is 1.13 bits per heavy atom. The fourth-order valence-corrected chi connectivity index (χ4v) is 2.73. The maximum Gasteiger partial charge on any atom is 0.254 e. The van der Waals surface area contributed by atoms with E-state index in [1.54, 1.807) is 4.52 Å². The molecule has 120 valence electrons. The molecule has 0 aliphatic carbocycles. The minimum atomic E-state index is 0.602. The van der Waals surface area contributed by atoms with Crippen molar-refractivity contribution in [2.45, 2.75) is 27.7 Å². The van der Waals surface area contributed by atoms with Crippen molar-refractivity contribution >= 4 is 23.0 Å². The average Bonchev–Trinajstić information content (AvgIpc) is 2.99. The van der Waals surface area contributed by atoms with Crippen molar-refractivity contribution in [3.8, 4) is 0 Å². The summed E-state index contributed by atoms with van der Waals surface area (Å²) in [5.41, 5.74) is 4.40. The molecule has 3 rings (SSSR count). The van der Waals surface area contributed by atoms with Crippen molar-refractivity contribution in [3.05, 3.63) is 41.9 Å². The van der Waals surface area contributed by atoms with Crippen molar-refractivity contribution in [1.82, 2.24) is 19.6 Å². The minimum absolute atomic E-state index is 0.602. The highest BCUT2D eigenvalue weighted by Gasteiger charge is 2.09. The van der Waals surface area contributed by atoms with Crippen LogP contribution >= 0.6 is 0 Å². The van der Waals surface area contributed by atoms with Crippen molar-refractivity contribution in [1.29, 1.82) is 0 Å². The van der Waals surface area contributed by atoms with Gasteiger partial charge >= 0.3 is 0 Å². The largest absolute Gasteiger partial charge is 0.372 e. The first-order chi connectivity index (χ1) is 11.1. The number of rotatable bonds is 5. The third-order valence-electron chi connectivity index (χ3n) is 3.98. The highest BCUT2D eigenvalue weighted by Crippen LogP contribution is 2.25. The molecule has 0 atom stereocenters. The summed E-state index contributed by atoms with van der Waals surface area (Å²) in [4.78, 5) is 10.9. The maximum atomic E-state index is 4.36. The highest BCUT2D eigenvalue weighted by molar-refractivity contribution is 5.66. The fraction of sp³-hybridized carbons (Fsp3) is 0.353. The lowest BCUT2D eigenvalue weighted by molar-refractivity contribution is 0.865. The number of nitrogens with one attached hydrogen (secondary N) is 1. The molecule has 0 amide bonds. The molecule has 0 aliphatic rings. The molecule has 6 nitrogen and oxygen atoms in total. The third-order valence-corrected chi connectivity index (χ3v) is 3.98.